The summed E-state index contributed by atoms with van der Waals surface area (Å²) in [5.74, 6) is 2.25. The van der Waals surface area contributed by atoms with E-state index in [0.717, 1.165) is 75.1 Å². The Morgan fingerprint density at radius 3 is 2.31 bits per heavy atom. The molecular formula is C45H31N3O. The van der Waals surface area contributed by atoms with Crippen LogP contribution in [0.25, 0.3) is 83.5 Å². The Balaban J connectivity index is 1.22. The third-order valence-electron chi connectivity index (χ3n) is 10.1. The predicted molar refractivity (Wildman–Crippen MR) is 201 cm³/mol. The highest BCUT2D eigenvalue weighted by Gasteiger charge is 2.23. The highest BCUT2D eigenvalue weighted by molar-refractivity contribution is 6.16. The van der Waals surface area contributed by atoms with Crippen molar-refractivity contribution < 1.29 is 4.42 Å². The molecule has 2 aromatic heterocycles. The zero-order valence-electron chi connectivity index (χ0n) is 26.8. The lowest BCUT2D eigenvalue weighted by molar-refractivity contribution is 0.670. The minimum absolute atomic E-state index is 0.0771. The number of furan rings is 1. The van der Waals surface area contributed by atoms with Gasteiger partial charge in [0.2, 0.25) is 0 Å². The second-order valence-electron chi connectivity index (χ2n) is 13.0. The molecule has 2 heterocycles. The van der Waals surface area contributed by atoms with Gasteiger partial charge in [-0.3, -0.25) is 0 Å². The minimum atomic E-state index is 0.0771. The molecule has 0 N–H and O–H groups in total. The van der Waals surface area contributed by atoms with Gasteiger partial charge in [-0.05, 0) is 81.8 Å². The predicted octanol–water partition coefficient (Wildman–Crippen LogP) is 11.6. The number of benzene rings is 6. The molecule has 49 heavy (non-hydrogen) atoms. The maximum atomic E-state index is 6.74. The summed E-state index contributed by atoms with van der Waals surface area (Å²) >= 11 is 0. The fraction of sp³-hybridized carbons (Fsp3) is 0.0889. The first kappa shape index (κ1) is 27.9. The van der Waals surface area contributed by atoms with Crippen LogP contribution in [0, 0.1) is 0 Å². The Kier molecular flexibility index (Phi) is 6.41. The fourth-order valence-electron chi connectivity index (χ4n) is 7.67. The monoisotopic (exact) mass is 629 g/mol. The van der Waals surface area contributed by atoms with Crippen LogP contribution < -0.4 is 0 Å². The van der Waals surface area contributed by atoms with Crippen molar-refractivity contribution in [2.24, 2.45) is 0 Å². The summed E-state index contributed by atoms with van der Waals surface area (Å²) in [5.41, 5.74) is 8.40. The standard InChI is InChI=1S/C45H31N3O/c1-2-13-31(14-3-1)43-46-44(36-19-10-15-28-11-4-6-16-33(28)36)48-45(47-43)38-26-25-35(42-41(38)37-18-8-9-20-40(37)49-42)32-24-23-30-22-21-29-12-5-7-17-34(29)39(30)27-32/h1-5,7-13,15,17-27,31H,6,14,16H2. The molecule has 0 fully saturated rings. The van der Waals surface area contributed by atoms with Gasteiger partial charge in [0.1, 0.15) is 17.0 Å². The molecule has 4 nitrogen and oxygen atoms in total. The molecule has 0 saturated heterocycles. The van der Waals surface area contributed by atoms with Crippen LogP contribution in [0.3, 0.4) is 0 Å². The summed E-state index contributed by atoms with van der Waals surface area (Å²) in [5, 5.41) is 6.99. The Bertz CT molecular complexity index is 2710. The van der Waals surface area contributed by atoms with Crippen LogP contribution in [0.2, 0.25) is 0 Å². The Labute approximate surface area is 283 Å². The Morgan fingerprint density at radius 2 is 1.41 bits per heavy atom. The van der Waals surface area contributed by atoms with Crippen LogP contribution in [0.5, 0.6) is 0 Å². The molecule has 6 aromatic carbocycles. The fourth-order valence-corrected chi connectivity index (χ4v) is 7.67. The SMILES string of the molecule is C1=CCC(c2nc(-c3cccc4c3CCC=C4)nc(-c3ccc(-c4ccc5ccc6ccccc6c5c4)c4oc5ccccc5c34)n2)C=C1. The number of fused-ring (bicyclic) bond motifs is 7. The quantitative estimate of drug-likeness (QED) is 0.182. The number of aromatic nitrogens is 3. The van der Waals surface area contributed by atoms with Crippen molar-refractivity contribution in [1.29, 1.82) is 0 Å². The molecule has 1 unspecified atom stereocenters. The van der Waals surface area contributed by atoms with E-state index in [-0.39, 0.29) is 5.92 Å². The van der Waals surface area contributed by atoms with E-state index < -0.39 is 0 Å². The first-order valence-corrected chi connectivity index (χ1v) is 17.0. The van der Waals surface area contributed by atoms with Gasteiger partial charge in [-0.1, -0.05) is 121 Å². The summed E-state index contributed by atoms with van der Waals surface area (Å²) in [6.45, 7) is 0. The molecule has 0 aliphatic heterocycles. The lowest BCUT2D eigenvalue weighted by Gasteiger charge is -2.18. The average molecular weight is 630 g/mol. The summed E-state index contributed by atoms with van der Waals surface area (Å²) in [7, 11) is 0. The normalized spacial score (nSPS) is 15.5. The highest BCUT2D eigenvalue weighted by Crippen LogP contribution is 2.43. The van der Waals surface area contributed by atoms with Crippen LogP contribution in [0.15, 0.2) is 144 Å². The second-order valence-corrected chi connectivity index (χ2v) is 13.0. The number of nitrogens with zero attached hydrogens (tertiary/aromatic N) is 3. The first-order chi connectivity index (χ1) is 24.3. The molecule has 2 aliphatic carbocycles. The maximum absolute atomic E-state index is 6.74. The smallest absolute Gasteiger partial charge is 0.164 e. The summed E-state index contributed by atoms with van der Waals surface area (Å²) in [6, 6.07) is 38.8. The van der Waals surface area contributed by atoms with Gasteiger partial charge in [-0.15, -0.1) is 0 Å². The topological polar surface area (TPSA) is 51.8 Å². The van der Waals surface area contributed by atoms with Crippen molar-refractivity contribution in [2.45, 2.75) is 25.2 Å². The summed E-state index contributed by atoms with van der Waals surface area (Å²) in [6.07, 6.45) is 15.9. The van der Waals surface area contributed by atoms with E-state index in [9.17, 15) is 0 Å². The molecule has 4 heteroatoms. The molecule has 10 rings (SSSR count). The van der Waals surface area contributed by atoms with Gasteiger partial charge in [0.25, 0.3) is 0 Å². The second kappa shape index (κ2) is 11.2. The summed E-state index contributed by atoms with van der Waals surface area (Å²) < 4.78 is 6.74. The molecule has 0 amide bonds. The van der Waals surface area contributed by atoms with Crippen LogP contribution in [-0.4, -0.2) is 15.0 Å². The Hall–Kier alpha value is -6.13. The van der Waals surface area contributed by atoms with E-state index in [2.05, 4.69) is 134 Å². The number of allylic oxidation sites excluding steroid dienone is 5. The van der Waals surface area contributed by atoms with Crippen LogP contribution in [-0.2, 0) is 6.42 Å². The zero-order chi connectivity index (χ0) is 32.3. The van der Waals surface area contributed by atoms with Crippen molar-refractivity contribution in [3.05, 3.63) is 157 Å². The molecule has 0 saturated carbocycles. The molecule has 2 aliphatic rings. The molecule has 0 bridgehead atoms. The van der Waals surface area contributed by atoms with Crippen molar-refractivity contribution in [2.75, 3.05) is 0 Å². The number of para-hydroxylation sites is 1. The number of hydrogen-bond acceptors (Lipinski definition) is 4. The molecule has 1 atom stereocenters. The molecule has 0 spiro atoms. The van der Waals surface area contributed by atoms with Crippen LogP contribution >= 0.6 is 0 Å². The zero-order valence-corrected chi connectivity index (χ0v) is 26.8. The van der Waals surface area contributed by atoms with E-state index in [1.54, 1.807) is 0 Å². The van der Waals surface area contributed by atoms with Gasteiger partial charge in [-0.25, -0.2) is 15.0 Å². The van der Waals surface area contributed by atoms with E-state index in [1.807, 2.05) is 12.1 Å². The summed E-state index contributed by atoms with van der Waals surface area (Å²) in [4.78, 5) is 15.6. The van der Waals surface area contributed by atoms with Gasteiger partial charge < -0.3 is 4.42 Å². The first-order valence-electron chi connectivity index (χ1n) is 17.0. The minimum Gasteiger partial charge on any atom is -0.455 e. The van der Waals surface area contributed by atoms with E-state index in [4.69, 9.17) is 19.4 Å². The van der Waals surface area contributed by atoms with Gasteiger partial charge in [-0.2, -0.15) is 0 Å². The molecular weight excluding hydrogens is 599 g/mol. The molecule has 0 radical (unpaired) electrons. The third kappa shape index (κ3) is 4.63. The van der Waals surface area contributed by atoms with E-state index >= 15 is 0 Å². The molecule has 232 valence electrons. The average Bonchev–Trinajstić information content (AvgIpc) is 3.57. The van der Waals surface area contributed by atoms with Crippen LogP contribution in [0.4, 0.5) is 0 Å². The Morgan fingerprint density at radius 1 is 0.612 bits per heavy atom. The van der Waals surface area contributed by atoms with E-state index in [0.29, 0.717) is 5.82 Å². The number of rotatable bonds is 4. The number of hydrogen-bond donors (Lipinski definition) is 0. The van der Waals surface area contributed by atoms with Crippen molar-refractivity contribution in [1.82, 2.24) is 15.0 Å². The van der Waals surface area contributed by atoms with Crippen molar-refractivity contribution in [3.63, 3.8) is 0 Å². The van der Waals surface area contributed by atoms with E-state index in [1.165, 1.54) is 32.7 Å². The van der Waals surface area contributed by atoms with Crippen LogP contribution in [0.1, 0.15) is 35.7 Å². The highest BCUT2D eigenvalue weighted by atomic mass is 16.3. The largest absolute Gasteiger partial charge is 0.455 e. The van der Waals surface area contributed by atoms with Gasteiger partial charge in [0, 0.05) is 33.4 Å². The third-order valence-corrected chi connectivity index (χ3v) is 10.1. The maximum Gasteiger partial charge on any atom is 0.164 e. The lowest BCUT2D eigenvalue weighted by atomic mass is 9.92. The van der Waals surface area contributed by atoms with Gasteiger partial charge in [0.05, 0.1) is 0 Å². The lowest BCUT2D eigenvalue weighted by Crippen LogP contribution is -2.09. The van der Waals surface area contributed by atoms with Crippen molar-refractivity contribution in [3.8, 4) is 33.9 Å². The van der Waals surface area contributed by atoms with Gasteiger partial charge in [0.15, 0.2) is 11.6 Å². The van der Waals surface area contributed by atoms with Gasteiger partial charge >= 0.3 is 0 Å². The van der Waals surface area contributed by atoms with Crippen molar-refractivity contribution >= 4 is 49.6 Å². The molecule has 8 aromatic rings.